The molecule has 0 rings (SSSR count). The summed E-state index contributed by atoms with van der Waals surface area (Å²) in [6.45, 7) is 0.946. The molecular formula is C4H6O6S. The van der Waals surface area contributed by atoms with E-state index in [1.54, 1.807) is 0 Å². The molecule has 0 aromatic carbocycles. The molecule has 0 spiro atoms. The average molecular weight is 182 g/mol. The van der Waals surface area contributed by atoms with Gasteiger partial charge in [0.1, 0.15) is 0 Å². The zero-order valence-electron chi connectivity index (χ0n) is 5.60. The highest BCUT2D eigenvalue weighted by Crippen LogP contribution is 1.86. The minimum atomic E-state index is -4.40. The van der Waals surface area contributed by atoms with E-state index in [1.807, 2.05) is 0 Å². The van der Waals surface area contributed by atoms with Gasteiger partial charge in [0.05, 0.1) is 0 Å². The molecule has 64 valence electrons. The number of ether oxygens (including phenoxy) is 1. The highest BCUT2D eigenvalue weighted by Gasteiger charge is 2.15. The molecule has 0 aliphatic heterocycles. The first kappa shape index (κ1) is 10.0. The van der Waals surface area contributed by atoms with E-state index in [2.05, 4.69) is 4.74 Å². The van der Waals surface area contributed by atoms with E-state index in [9.17, 15) is 18.0 Å². The van der Waals surface area contributed by atoms with Gasteiger partial charge in [-0.05, 0) is 0 Å². The van der Waals surface area contributed by atoms with E-state index in [0.29, 0.717) is 0 Å². The summed E-state index contributed by atoms with van der Waals surface area (Å²) in [5.41, 5.74) is 0. The van der Waals surface area contributed by atoms with Gasteiger partial charge in [0.25, 0.3) is 10.1 Å². The molecule has 0 fully saturated rings. The molecule has 0 bridgehead atoms. The van der Waals surface area contributed by atoms with Crippen LogP contribution in [0, 0.1) is 0 Å². The zero-order valence-corrected chi connectivity index (χ0v) is 6.42. The average Bonchev–Trinajstić information content (AvgIpc) is 1.53. The minimum absolute atomic E-state index is 0.918. The first-order valence-corrected chi connectivity index (χ1v) is 4.08. The van der Waals surface area contributed by atoms with Crippen LogP contribution in [0.25, 0.3) is 0 Å². The second-order valence-electron chi connectivity index (χ2n) is 1.69. The summed E-state index contributed by atoms with van der Waals surface area (Å²) in [7, 11) is -4.40. The van der Waals surface area contributed by atoms with Crippen LogP contribution in [-0.2, 0) is 24.4 Å². The third-order valence-corrected chi connectivity index (χ3v) is 1.16. The van der Waals surface area contributed by atoms with Gasteiger partial charge in [-0.15, -0.1) is 0 Å². The van der Waals surface area contributed by atoms with E-state index in [0.717, 1.165) is 6.92 Å². The molecule has 6 nitrogen and oxygen atoms in total. The predicted octanol–water partition coefficient (Wildman–Crippen LogP) is -1.04. The van der Waals surface area contributed by atoms with Crippen molar-refractivity contribution < 1.29 is 27.3 Å². The van der Waals surface area contributed by atoms with Crippen molar-refractivity contribution in [2.24, 2.45) is 0 Å². The Kier molecular flexibility index (Phi) is 3.15. The van der Waals surface area contributed by atoms with Crippen LogP contribution in [0.15, 0.2) is 0 Å². The summed E-state index contributed by atoms with van der Waals surface area (Å²) in [4.78, 5) is 20.3. The number of carbonyl (C=O) groups is 2. The third-order valence-electron chi connectivity index (χ3n) is 0.558. The lowest BCUT2D eigenvalue weighted by molar-refractivity contribution is -0.156. The van der Waals surface area contributed by atoms with Crippen molar-refractivity contribution in [1.29, 1.82) is 0 Å². The van der Waals surface area contributed by atoms with Crippen molar-refractivity contribution in [2.45, 2.75) is 6.92 Å². The Labute approximate surface area is 62.9 Å². The molecule has 0 saturated heterocycles. The molecule has 0 radical (unpaired) electrons. The Balaban J connectivity index is 4.01. The van der Waals surface area contributed by atoms with E-state index in [1.165, 1.54) is 0 Å². The Bertz CT molecular complexity index is 262. The van der Waals surface area contributed by atoms with Crippen LogP contribution in [0.4, 0.5) is 0 Å². The third kappa shape index (κ3) is 6.94. The lowest BCUT2D eigenvalue weighted by atomic mass is 10.7. The summed E-state index contributed by atoms with van der Waals surface area (Å²) in [6.07, 6.45) is 0. The van der Waals surface area contributed by atoms with Crippen LogP contribution >= 0.6 is 0 Å². The second kappa shape index (κ2) is 3.44. The topological polar surface area (TPSA) is 97.7 Å². The number of esters is 2. The molecule has 11 heavy (non-hydrogen) atoms. The number of rotatable bonds is 2. The highest BCUT2D eigenvalue weighted by atomic mass is 32.2. The molecule has 0 aromatic rings. The van der Waals surface area contributed by atoms with Crippen LogP contribution < -0.4 is 0 Å². The molecule has 0 amide bonds. The summed E-state index contributed by atoms with van der Waals surface area (Å²) in [6, 6.07) is 0. The molecule has 0 aliphatic carbocycles. The van der Waals surface area contributed by atoms with Gasteiger partial charge in [-0.3, -0.25) is 14.1 Å². The number of hydrogen-bond acceptors (Lipinski definition) is 5. The molecule has 0 atom stereocenters. The van der Waals surface area contributed by atoms with Crippen molar-refractivity contribution >= 4 is 22.1 Å². The van der Waals surface area contributed by atoms with E-state index in [4.69, 9.17) is 4.55 Å². The smallest absolute Gasteiger partial charge is 0.331 e. The van der Waals surface area contributed by atoms with Crippen molar-refractivity contribution in [2.75, 3.05) is 5.75 Å². The van der Waals surface area contributed by atoms with Gasteiger partial charge in [-0.2, -0.15) is 8.42 Å². The largest absolute Gasteiger partial charge is 0.393 e. The maximum Gasteiger partial charge on any atom is 0.331 e. The number of hydrogen-bond donors (Lipinski definition) is 1. The Morgan fingerprint density at radius 3 is 2.18 bits per heavy atom. The molecule has 7 heteroatoms. The Hall–Kier alpha value is -0.950. The monoisotopic (exact) mass is 182 g/mol. The minimum Gasteiger partial charge on any atom is -0.393 e. The van der Waals surface area contributed by atoms with Crippen LogP contribution in [0.1, 0.15) is 6.92 Å². The van der Waals surface area contributed by atoms with E-state index in [-0.39, 0.29) is 0 Å². The lowest BCUT2D eigenvalue weighted by Crippen LogP contribution is -2.19. The number of carbonyl (C=O) groups excluding carboxylic acids is 2. The molecule has 1 N–H and O–H groups in total. The van der Waals surface area contributed by atoms with Gasteiger partial charge in [-0.1, -0.05) is 0 Å². The Morgan fingerprint density at radius 1 is 1.45 bits per heavy atom. The van der Waals surface area contributed by atoms with E-state index < -0.39 is 27.8 Å². The van der Waals surface area contributed by atoms with Crippen LogP contribution in [-0.4, -0.2) is 30.7 Å². The molecule has 0 aromatic heterocycles. The van der Waals surface area contributed by atoms with Crippen molar-refractivity contribution in [3.05, 3.63) is 0 Å². The SMILES string of the molecule is CC(=O)OC(=O)CS(=O)(=O)O. The van der Waals surface area contributed by atoms with Gasteiger partial charge in [0, 0.05) is 6.92 Å². The molecular weight excluding hydrogens is 176 g/mol. The Morgan fingerprint density at radius 2 is 1.91 bits per heavy atom. The van der Waals surface area contributed by atoms with Crippen LogP contribution in [0.2, 0.25) is 0 Å². The maximum atomic E-state index is 10.3. The standard InChI is InChI=1S/C4H6O6S/c1-3(5)10-4(6)2-11(7,8)9/h2H2,1H3,(H,7,8,9). The quantitative estimate of drug-likeness (QED) is 0.333. The maximum absolute atomic E-state index is 10.3. The van der Waals surface area contributed by atoms with Crippen molar-refractivity contribution in [3.63, 3.8) is 0 Å². The van der Waals surface area contributed by atoms with Crippen LogP contribution in [0.3, 0.4) is 0 Å². The lowest BCUT2D eigenvalue weighted by Gasteiger charge is -1.95. The fourth-order valence-corrected chi connectivity index (χ4v) is 0.695. The summed E-state index contributed by atoms with van der Waals surface area (Å²) in [5, 5.41) is 0. The van der Waals surface area contributed by atoms with Gasteiger partial charge < -0.3 is 4.74 Å². The predicted molar refractivity (Wildman–Crippen MR) is 33.2 cm³/mol. The first-order chi connectivity index (χ1) is 4.81. The fourth-order valence-electron chi connectivity index (χ4n) is 0.339. The second-order valence-corrected chi connectivity index (χ2v) is 3.14. The van der Waals surface area contributed by atoms with Gasteiger partial charge in [0.2, 0.25) is 0 Å². The molecule has 0 heterocycles. The summed E-state index contributed by atoms with van der Waals surface area (Å²) >= 11 is 0. The van der Waals surface area contributed by atoms with E-state index >= 15 is 0 Å². The van der Waals surface area contributed by atoms with Gasteiger partial charge in [0.15, 0.2) is 5.75 Å². The zero-order chi connectivity index (χ0) is 9.07. The normalized spacial score (nSPS) is 10.7. The van der Waals surface area contributed by atoms with Crippen molar-refractivity contribution in [1.82, 2.24) is 0 Å². The van der Waals surface area contributed by atoms with Crippen LogP contribution in [0.5, 0.6) is 0 Å². The molecule has 0 saturated carbocycles. The summed E-state index contributed by atoms with van der Waals surface area (Å²) < 4.78 is 31.8. The summed E-state index contributed by atoms with van der Waals surface area (Å²) in [5.74, 6) is -3.41. The highest BCUT2D eigenvalue weighted by molar-refractivity contribution is 7.86. The molecule has 0 unspecified atom stereocenters. The fraction of sp³-hybridized carbons (Fsp3) is 0.500. The van der Waals surface area contributed by atoms with Gasteiger partial charge >= 0.3 is 11.9 Å². The molecule has 0 aliphatic rings. The first-order valence-electron chi connectivity index (χ1n) is 2.47. The van der Waals surface area contributed by atoms with Gasteiger partial charge in [-0.25, -0.2) is 0 Å². The van der Waals surface area contributed by atoms with Crippen molar-refractivity contribution in [3.8, 4) is 0 Å².